The quantitative estimate of drug-likeness (QED) is 0.505. The minimum Gasteiger partial charge on any atom is -0.398 e. The van der Waals surface area contributed by atoms with Crippen LogP contribution >= 0.6 is 11.8 Å². The van der Waals surface area contributed by atoms with Gasteiger partial charge >= 0.3 is 0 Å². The molecular weight excluding hydrogens is 328 g/mol. The molecule has 0 aliphatic carbocycles. The fourth-order valence-corrected chi connectivity index (χ4v) is 4.14. The van der Waals surface area contributed by atoms with E-state index in [0.29, 0.717) is 6.42 Å². The SMILES string of the molecule is Cc1ccc(C)n1C(=O)CC(Sc1ccccc1N)c1ccccc1. The molecule has 128 valence electrons. The van der Waals surface area contributed by atoms with Crippen LogP contribution < -0.4 is 5.73 Å². The van der Waals surface area contributed by atoms with E-state index in [1.165, 1.54) is 0 Å². The number of nitrogens with zero attached hydrogens (tertiary/aromatic N) is 1. The van der Waals surface area contributed by atoms with E-state index in [0.717, 1.165) is 27.5 Å². The van der Waals surface area contributed by atoms with Gasteiger partial charge in [-0.05, 0) is 43.7 Å². The maximum absolute atomic E-state index is 12.9. The summed E-state index contributed by atoms with van der Waals surface area (Å²) in [4.78, 5) is 13.9. The number of aryl methyl sites for hydroxylation is 2. The number of carbonyl (C=O) groups excluding carboxylic acids is 1. The molecule has 25 heavy (non-hydrogen) atoms. The second kappa shape index (κ2) is 7.62. The Morgan fingerprint density at radius 2 is 1.56 bits per heavy atom. The number of carbonyl (C=O) groups is 1. The van der Waals surface area contributed by atoms with Gasteiger partial charge in [0.25, 0.3) is 0 Å². The van der Waals surface area contributed by atoms with Crippen LogP contribution in [-0.4, -0.2) is 10.5 Å². The van der Waals surface area contributed by atoms with E-state index in [1.807, 2.05) is 68.4 Å². The molecule has 1 heterocycles. The number of para-hydroxylation sites is 1. The summed E-state index contributed by atoms with van der Waals surface area (Å²) in [6, 6.07) is 21.9. The van der Waals surface area contributed by atoms with Gasteiger partial charge in [-0.25, -0.2) is 0 Å². The van der Waals surface area contributed by atoms with Crippen molar-refractivity contribution in [1.82, 2.24) is 4.57 Å². The van der Waals surface area contributed by atoms with Gasteiger partial charge < -0.3 is 5.73 Å². The van der Waals surface area contributed by atoms with E-state index < -0.39 is 0 Å². The zero-order valence-electron chi connectivity index (χ0n) is 14.5. The van der Waals surface area contributed by atoms with Crippen molar-refractivity contribution in [2.45, 2.75) is 30.4 Å². The van der Waals surface area contributed by atoms with Crippen LogP contribution in [0.4, 0.5) is 5.69 Å². The van der Waals surface area contributed by atoms with E-state index in [-0.39, 0.29) is 11.2 Å². The van der Waals surface area contributed by atoms with E-state index in [4.69, 9.17) is 5.73 Å². The van der Waals surface area contributed by atoms with Gasteiger partial charge in [0, 0.05) is 33.6 Å². The van der Waals surface area contributed by atoms with Gasteiger partial charge in [-0.15, -0.1) is 11.8 Å². The number of hydrogen-bond acceptors (Lipinski definition) is 3. The molecule has 1 atom stereocenters. The third-order valence-electron chi connectivity index (χ3n) is 4.24. The smallest absolute Gasteiger partial charge is 0.232 e. The zero-order chi connectivity index (χ0) is 17.8. The molecule has 0 aliphatic heterocycles. The Hall–Kier alpha value is -2.46. The topological polar surface area (TPSA) is 48.0 Å². The maximum atomic E-state index is 12.9. The lowest BCUT2D eigenvalue weighted by atomic mass is 10.1. The monoisotopic (exact) mass is 350 g/mol. The molecular formula is C21H22N2OS. The highest BCUT2D eigenvalue weighted by Gasteiger charge is 2.21. The first-order valence-electron chi connectivity index (χ1n) is 8.30. The van der Waals surface area contributed by atoms with Gasteiger partial charge in [-0.1, -0.05) is 42.5 Å². The van der Waals surface area contributed by atoms with Crippen LogP contribution in [0.3, 0.4) is 0 Å². The Morgan fingerprint density at radius 1 is 0.960 bits per heavy atom. The highest BCUT2D eigenvalue weighted by molar-refractivity contribution is 7.99. The average molecular weight is 350 g/mol. The van der Waals surface area contributed by atoms with Gasteiger partial charge in [0.2, 0.25) is 5.91 Å². The number of thioether (sulfide) groups is 1. The first kappa shape index (κ1) is 17.4. The number of anilines is 1. The summed E-state index contributed by atoms with van der Waals surface area (Å²) < 4.78 is 1.80. The molecule has 0 amide bonds. The van der Waals surface area contributed by atoms with Gasteiger partial charge in [-0.3, -0.25) is 9.36 Å². The summed E-state index contributed by atoms with van der Waals surface area (Å²) >= 11 is 1.65. The van der Waals surface area contributed by atoms with E-state index in [1.54, 1.807) is 16.3 Å². The molecule has 1 unspecified atom stereocenters. The summed E-state index contributed by atoms with van der Waals surface area (Å²) in [5.41, 5.74) is 9.93. The van der Waals surface area contributed by atoms with Crippen LogP contribution in [0.1, 0.15) is 33.4 Å². The fraction of sp³-hybridized carbons (Fsp3) is 0.190. The van der Waals surface area contributed by atoms with Crippen molar-refractivity contribution < 1.29 is 4.79 Å². The predicted octanol–water partition coefficient (Wildman–Crippen LogP) is 5.25. The lowest BCUT2D eigenvalue weighted by molar-refractivity contribution is 0.0898. The van der Waals surface area contributed by atoms with Crippen molar-refractivity contribution in [2.24, 2.45) is 0 Å². The lowest BCUT2D eigenvalue weighted by Gasteiger charge is -2.19. The molecule has 0 radical (unpaired) electrons. The van der Waals surface area contributed by atoms with Crippen molar-refractivity contribution in [2.75, 3.05) is 5.73 Å². The van der Waals surface area contributed by atoms with Crippen molar-refractivity contribution in [3.63, 3.8) is 0 Å². The first-order chi connectivity index (χ1) is 12.1. The van der Waals surface area contributed by atoms with Gasteiger partial charge in [0.05, 0.1) is 0 Å². The number of nitrogen functional groups attached to an aromatic ring is 1. The molecule has 0 fully saturated rings. The number of hydrogen-bond donors (Lipinski definition) is 1. The minimum absolute atomic E-state index is 0.0135. The van der Waals surface area contributed by atoms with E-state index >= 15 is 0 Å². The molecule has 3 rings (SSSR count). The number of benzene rings is 2. The molecule has 0 saturated carbocycles. The van der Waals surface area contributed by atoms with Crippen LogP contribution in [0.5, 0.6) is 0 Å². The maximum Gasteiger partial charge on any atom is 0.232 e. The summed E-state index contributed by atoms with van der Waals surface area (Å²) in [6.07, 6.45) is 0.416. The van der Waals surface area contributed by atoms with Crippen LogP contribution in [0, 0.1) is 13.8 Å². The Balaban J connectivity index is 1.89. The average Bonchev–Trinajstić information content (AvgIpc) is 2.95. The third-order valence-corrected chi connectivity index (χ3v) is 5.59. The Morgan fingerprint density at radius 3 is 2.20 bits per heavy atom. The van der Waals surface area contributed by atoms with Crippen molar-refractivity contribution >= 4 is 23.4 Å². The predicted molar refractivity (Wildman–Crippen MR) is 105 cm³/mol. The van der Waals surface area contributed by atoms with Crippen molar-refractivity contribution in [3.8, 4) is 0 Å². The molecule has 3 nitrogen and oxygen atoms in total. The molecule has 0 aliphatic rings. The molecule has 1 aromatic heterocycles. The van der Waals surface area contributed by atoms with Gasteiger partial charge in [-0.2, -0.15) is 0 Å². The summed E-state index contributed by atoms with van der Waals surface area (Å²) in [7, 11) is 0. The second-order valence-electron chi connectivity index (χ2n) is 6.10. The zero-order valence-corrected chi connectivity index (χ0v) is 15.3. The van der Waals surface area contributed by atoms with Crippen molar-refractivity contribution in [1.29, 1.82) is 0 Å². The van der Waals surface area contributed by atoms with Crippen LogP contribution in [0.2, 0.25) is 0 Å². The Bertz CT molecular complexity index is 851. The number of rotatable bonds is 5. The molecule has 0 bridgehead atoms. The molecule has 2 N–H and O–H groups in total. The van der Waals surface area contributed by atoms with Crippen molar-refractivity contribution in [3.05, 3.63) is 83.7 Å². The molecule has 0 spiro atoms. The summed E-state index contributed by atoms with van der Waals surface area (Å²) in [5.74, 6) is 0.107. The Kier molecular flexibility index (Phi) is 5.29. The van der Waals surface area contributed by atoms with Crippen LogP contribution in [0.15, 0.2) is 71.6 Å². The summed E-state index contributed by atoms with van der Waals surface area (Å²) in [5, 5.41) is 0.0135. The van der Waals surface area contributed by atoms with Crippen LogP contribution in [0.25, 0.3) is 0 Å². The number of aromatic nitrogens is 1. The Labute approximate surface area is 152 Å². The molecule has 2 aromatic carbocycles. The molecule has 0 saturated heterocycles. The molecule has 3 aromatic rings. The summed E-state index contributed by atoms with van der Waals surface area (Å²) in [6.45, 7) is 3.93. The fourth-order valence-electron chi connectivity index (χ4n) is 2.95. The highest BCUT2D eigenvalue weighted by Crippen LogP contribution is 2.40. The standard InChI is InChI=1S/C21H22N2OS/c1-15-12-13-16(2)23(15)21(24)14-20(17-8-4-3-5-9-17)25-19-11-7-6-10-18(19)22/h3-13,20H,14,22H2,1-2H3. The second-order valence-corrected chi connectivity index (χ2v) is 7.35. The number of nitrogens with two attached hydrogens (primary N) is 1. The minimum atomic E-state index is 0.0135. The largest absolute Gasteiger partial charge is 0.398 e. The normalized spacial score (nSPS) is 12.1. The van der Waals surface area contributed by atoms with Gasteiger partial charge in [0.15, 0.2) is 0 Å². The van der Waals surface area contributed by atoms with Crippen LogP contribution in [-0.2, 0) is 0 Å². The van der Waals surface area contributed by atoms with Gasteiger partial charge in [0.1, 0.15) is 0 Å². The highest BCUT2D eigenvalue weighted by atomic mass is 32.2. The molecule has 4 heteroatoms. The lowest BCUT2D eigenvalue weighted by Crippen LogP contribution is -2.16. The first-order valence-corrected chi connectivity index (χ1v) is 9.18. The third kappa shape index (κ3) is 3.97. The van der Waals surface area contributed by atoms with E-state index in [2.05, 4.69) is 12.1 Å². The van der Waals surface area contributed by atoms with E-state index in [9.17, 15) is 4.79 Å².